The molecule has 6 N–H and O–H groups in total. The van der Waals surface area contributed by atoms with Gasteiger partial charge in [0.1, 0.15) is 5.52 Å². The number of ether oxygens (including phenoxy) is 2. The molecule has 0 aliphatic heterocycles. The zero-order valence-electron chi connectivity index (χ0n) is 14.8. The van der Waals surface area contributed by atoms with E-state index in [0.717, 1.165) is 0 Å². The van der Waals surface area contributed by atoms with Gasteiger partial charge in [-0.3, -0.25) is 4.57 Å². The minimum atomic E-state index is -1.10. The number of hydrogen-bond acceptors (Lipinski definition) is 9. The van der Waals surface area contributed by atoms with E-state index in [-0.39, 0.29) is 24.3 Å². The second-order valence-corrected chi connectivity index (χ2v) is 5.78. The van der Waals surface area contributed by atoms with Crippen LogP contribution in [0.2, 0.25) is 0 Å². The summed E-state index contributed by atoms with van der Waals surface area (Å²) in [6, 6.07) is 3.24. The minimum absolute atomic E-state index is 0.0572. The van der Waals surface area contributed by atoms with Crippen LogP contribution in [0.15, 0.2) is 23.1 Å². The van der Waals surface area contributed by atoms with E-state index >= 15 is 0 Å². The first-order valence-electron chi connectivity index (χ1n) is 8.36. The van der Waals surface area contributed by atoms with Crippen LogP contribution in [0.5, 0.6) is 11.9 Å². The number of anilines is 1. The maximum absolute atomic E-state index is 12.3. The molecule has 0 radical (unpaired) electrons. The highest BCUT2D eigenvalue weighted by molar-refractivity contribution is 5.81. The molecule has 148 valence electrons. The fourth-order valence-electron chi connectivity index (χ4n) is 2.40. The lowest BCUT2D eigenvalue weighted by Crippen LogP contribution is -2.18. The van der Waals surface area contributed by atoms with E-state index in [9.17, 15) is 9.59 Å². The summed E-state index contributed by atoms with van der Waals surface area (Å²) in [7, 11) is 0. The quantitative estimate of drug-likeness (QED) is 0.342. The van der Waals surface area contributed by atoms with Crippen molar-refractivity contribution in [3.63, 3.8) is 0 Å². The molecule has 28 heavy (non-hydrogen) atoms. The molecule has 0 amide bonds. The second-order valence-electron chi connectivity index (χ2n) is 5.78. The Morgan fingerprint density at radius 3 is 2.79 bits per heavy atom. The lowest BCUT2D eigenvalue weighted by molar-refractivity contribution is -0.139. The van der Waals surface area contributed by atoms with Gasteiger partial charge in [0.2, 0.25) is 5.88 Å². The van der Waals surface area contributed by atoms with Crippen molar-refractivity contribution in [1.82, 2.24) is 24.5 Å². The summed E-state index contributed by atoms with van der Waals surface area (Å²) in [5.41, 5.74) is 12.2. The van der Waals surface area contributed by atoms with Gasteiger partial charge in [0.05, 0.1) is 13.2 Å². The molecule has 3 aromatic heterocycles. The molecule has 12 nitrogen and oxygen atoms in total. The average Bonchev–Trinajstić information content (AvgIpc) is 2.98. The third-order valence-corrected chi connectivity index (χ3v) is 3.69. The fourth-order valence-corrected chi connectivity index (χ4v) is 2.40. The molecule has 0 spiro atoms. The van der Waals surface area contributed by atoms with Crippen molar-refractivity contribution in [1.29, 1.82) is 0 Å². The Bertz CT molecular complexity index is 1030. The third kappa shape index (κ3) is 4.35. The van der Waals surface area contributed by atoms with E-state index in [2.05, 4.69) is 19.9 Å². The maximum atomic E-state index is 12.3. The van der Waals surface area contributed by atoms with E-state index in [1.165, 1.54) is 16.8 Å². The number of nitrogens with one attached hydrogen (secondary N) is 1. The molecule has 0 saturated heterocycles. The maximum Gasteiger partial charge on any atom is 0.341 e. The zero-order chi connectivity index (χ0) is 20.1. The van der Waals surface area contributed by atoms with Gasteiger partial charge in [0.25, 0.3) is 0 Å². The van der Waals surface area contributed by atoms with Crippen LogP contribution in [0.1, 0.15) is 12.0 Å². The number of H-pyrrole nitrogens is 1. The summed E-state index contributed by atoms with van der Waals surface area (Å²) in [6.45, 7) is 0.463. The molecule has 3 rings (SSSR count). The van der Waals surface area contributed by atoms with Crippen molar-refractivity contribution in [2.75, 3.05) is 25.5 Å². The van der Waals surface area contributed by atoms with Crippen molar-refractivity contribution < 1.29 is 19.4 Å². The van der Waals surface area contributed by atoms with Crippen molar-refractivity contribution >= 4 is 23.0 Å². The number of aromatic amines is 1. The number of carboxylic acids is 1. The Balaban J connectivity index is 1.84. The molecular weight excluding hydrogens is 370 g/mol. The number of rotatable bonds is 9. The molecule has 0 unspecified atom stereocenters. The van der Waals surface area contributed by atoms with Crippen LogP contribution < -0.4 is 26.6 Å². The van der Waals surface area contributed by atoms with E-state index in [1.54, 1.807) is 6.07 Å². The van der Waals surface area contributed by atoms with Gasteiger partial charge in [-0.25, -0.2) is 14.6 Å². The molecule has 0 aliphatic carbocycles. The van der Waals surface area contributed by atoms with E-state index in [1.807, 2.05) is 0 Å². The van der Waals surface area contributed by atoms with Gasteiger partial charge < -0.3 is 31.0 Å². The molecule has 3 aromatic rings. The molecule has 3 heterocycles. The van der Waals surface area contributed by atoms with Gasteiger partial charge in [0.15, 0.2) is 18.1 Å². The largest absolute Gasteiger partial charge is 0.479 e. The Kier molecular flexibility index (Phi) is 5.69. The van der Waals surface area contributed by atoms with Crippen LogP contribution in [0, 0.1) is 0 Å². The lowest BCUT2D eigenvalue weighted by atomic mass is 10.3. The van der Waals surface area contributed by atoms with Gasteiger partial charge in [-0.05, 0) is 18.5 Å². The number of nitrogens with zero attached hydrogens (tertiary/aromatic N) is 4. The highest BCUT2D eigenvalue weighted by Crippen LogP contribution is 2.19. The summed E-state index contributed by atoms with van der Waals surface area (Å²) in [6.07, 6.45) is 2.11. The van der Waals surface area contributed by atoms with Gasteiger partial charge in [-0.15, -0.1) is 0 Å². The molecule has 0 bridgehead atoms. The zero-order valence-corrected chi connectivity index (χ0v) is 14.8. The predicted molar refractivity (Wildman–Crippen MR) is 98.2 cm³/mol. The molecule has 0 saturated carbocycles. The number of imidazole rings is 1. The monoisotopic (exact) mass is 389 g/mol. The number of carboxylic acid groups (broad SMARTS) is 1. The number of hydrogen-bond donors (Lipinski definition) is 4. The number of fused-ring (bicyclic) bond motifs is 1. The van der Waals surface area contributed by atoms with Crippen molar-refractivity contribution in [2.45, 2.75) is 13.0 Å². The second kappa shape index (κ2) is 8.35. The Morgan fingerprint density at radius 2 is 2.11 bits per heavy atom. The van der Waals surface area contributed by atoms with Crippen molar-refractivity contribution in [2.24, 2.45) is 5.73 Å². The number of aliphatic carboxylic acids is 1. The Hall–Kier alpha value is -3.67. The number of aromatic nitrogens is 5. The number of carbonyl (C=O) groups is 1. The highest BCUT2D eigenvalue weighted by Gasteiger charge is 2.15. The van der Waals surface area contributed by atoms with Crippen LogP contribution in [-0.2, 0) is 11.3 Å². The summed E-state index contributed by atoms with van der Waals surface area (Å²) in [5, 5.41) is 8.61. The van der Waals surface area contributed by atoms with E-state index in [4.69, 9.17) is 26.0 Å². The van der Waals surface area contributed by atoms with Gasteiger partial charge in [-0.2, -0.15) is 9.97 Å². The highest BCUT2D eigenvalue weighted by atomic mass is 16.5. The van der Waals surface area contributed by atoms with Crippen LogP contribution in [0.4, 0.5) is 5.82 Å². The lowest BCUT2D eigenvalue weighted by Gasteiger charge is -2.07. The normalized spacial score (nSPS) is 10.9. The SMILES string of the molecule is NCCCOc1nc(N)c2[nH]c(=O)n(Cc3ccc(OCC(=O)O)nc3)c2n1. The minimum Gasteiger partial charge on any atom is -0.479 e. The first-order valence-corrected chi connectivity index (χ1v) is 8.36. The van der Waals surface area contributed by atoms with Crippen LogP contribution in [-0.4, -0.2) is 55.3 Å². The van der Waals surface area contributed by atoms with Gasteiger partial charge in [-0.1, -0.05) is 6.07 Å². The fraction of sp³-hybridized carbons (Fsp3) is 0.312. The molecule has 0 aromatic carbocycles. The first-order chi connectivity index (χ1) is 13.5. The van der Waals surface area contributed by atoms with Crippen LogP contribution in [0.25, 0.3) is 11.2 Å². The standard InChI is InChI=1S/C16H19N7O5/c17-4-1-5-27-15-21-13(18)12-14(22-15)23(16(26)20-12)7-9-2-3-10(19-6-9)28-8-11(24)25/h2-3,6H,1,4-5,7-8,17H2,(H,20,26)(H,24,25)(H2,18,21,22). The summed E-state index contributed by atoms with van der Waals surface area (Å²) >= 11 is 0. The topological polar surface area (TPSA) is 184 Å². The van der Waals surface area contributed by atoms with Crippen molar-refractivity contribution in [3.05, 3.63) is 34.4 Å². The Morgan fingerprint density at radius 1 is 1.29 bits per heavy atom. The summed E-state index contributed by atoms with van der Waals surface area (Å²) in [5.74, 6) is -0.836. The van der Waals surface area contributed by atoms with E-state index in [0.29, 0.717) is 36.3 Å². The molecule has 0 atom stereocenters. The predicted octanol–water partition coefficient (Wildman–Crippen LogP) is -0.664. The van der Waals surface area contributed by atoms with Gasteiger partial charge >= 0.3 is 17.7 Å². The number of pyridine rings is 1. The van der Waals surface area contributed by atoms with Crippen molar-refractivity contribution in [3.8, 4) is 11.9 Å². The number of nitrogens with two attached hydrogens (primary N) is 2. The van der Waals surface area contributed by atoms with Gasteiger partial charge in [0, 0.05) is 12.3 Å². The van der Waals surface area contributed by atoms with Crippen LogP contribution >= 0.6 is 0 Å². The van der Waals surface area contributed by atoms with Crippen LogP contribution in [0.3, 0.4) is 0 Å². The molecule has 12 heteroatoms. The summed E-state index contributed by atoms with van der Waals surface area (Å²) < 4.78 is 11.8. The van der Waals surface area contributed by atoms with E-state index < -0.39 is 18.3 Å². The Labute approximate surface area is 158 Å². The molecule has 0 aliphatic rings. The number of nitrogen functional groups attached to an aromatic ring is 1. The molecule has 0 fully saturated rings. The summed E-state index contributed by atoms with van der Waals surface area (Å²) in [4.78, 5) is 37.8. The first kappa shape index (κ1) is 19.1. The average molecular weight is 389 g/mol. The molecular formula is C16H19N7O5. The smallest absolute Gasteiger partial charge is 0.341 e. The third-order valence-electron chi connectivity index (χ3n) is 3.69.